The van der Waals surface area contributed by atoms with Gasteiger partial charge in [0, 0.05) is 12.2 Å². The molecule has 1 aliphatic heterocycles. The van der Waals surface area contributed by atoms with E-state index < -0.39 is 6.04 Å². The zero-order chi connectivity index (χ0) is 23.5. The summed E-state index contributed by atoms with van der Waals surface area (Å²) in [4.78, 5) is 13.2. The van der Waals surface area contributed by atoms with Crippen molar-refractivity contribution < 1.29 is 4.79 Å². The van der Waals surface area contributed by atoms with Gasteiger partial charge >= 0.3 is 0 Å². The van der Waals surface area contributed by atoms with Crippen molar-refractivity contribution in [3.8, 4) is 0 Å². The predicted octanol–water partition coefficient (Wildman–Crippen LogP) is 4.99. The minimum Gasteiger partial charge on any atom is -0.384 e. The first-order chi connectivity index (χ1) is 15.8. The molecule has 0 bridgehead atoms. The normalized spacial score (nSPS) is 18.2. The second-order valence-corrected chi connectivity index (χ2v) is 9.62. The van der Waals surface area contributed by atoms with Crippen LogP contribution in [0, 0.1) is 26.7 Å². The Morgan fingerprint density at radius 3 is 2.42 bits per heavy atom. The second-order valence-electron chi connectivity index (χ2n) is 9.62. The van der Waals surface area contributed by atoms with E-state index in [1.807, 2.05) is 6.07 Å². The number of hydrogen-bond donors (Lipinski definition) is 3. The van der Waals surface area contributed by atoms with Gasteiger partial charge in [-0.1, -0.05) is 67.1 Å². The third kappa shape index (κ3) is 5.28. The van der Waals surface area contributed by atoms with Crippen molar-refractivity contribution >= 4 is 11.6 Å². The van der Waals surface area contributed by atoms with Crippen molar-refractivity contribution in [1.29, 1.82) is 0 Å². The zero-order valence-corrected chi connectivity index (χ0v) is 20.1. The molecule has 3 aromatic carbocycles. The fraction of sp³-hybridized carbons (Fsp3) is 0.345. The number of anilines is 1. The predicted molar refractivity (Wildman–Crippen MR) is 137 cm³/mol. The van der Waals surface area contributed by atoms with Crippen LogP contribution in [0.15, 0.2) is 60.7 Å². The Morgan fingerprint density at radius 2 is 1.73 bits per heavy atom. The van der Waals surface area contributed by atoms with Crippen LogP contribution in [0.5, 0.6) is 0 Å². The van der Waals surface area contributed by atoms with E-state index >= 15 is 0 Å². The maximum absolute atomic E-state index is 13.2. The summed E-state index contributed by atoms with van der Waals surface area (Å²) in [5, 5.41) is 6.80. The maximum atomic E-state index is 13.2. The summed E-state index contributed by atoms with van der Waals surface area (Å²) >= 11 is 0. The van der Waals surface area contributed by atoms with Gasteiger partial charge in [-0.15, -0.1) is 0 Å². The van der Waals surface area contributed by atoms with Crippen molar-refractivity contribution in [1.82, 2.24) is 5.32 Å². The standard InChI is InChI=1S/C29H35N3O/c1-18-12-19(2)24(20(3)13-18)16-26(30)29(33)32-28-21(4)17-31-27-11-10-23(15-25(27)28)14-22-8-6-5-7-9-22/h5-13,15,21,26,28,31H,14,16-17,30H2,1-4H3,(H,32,33)/t21-,26-,28+/m0/s1. The number of benzene rings is 3. The average molecular weight is 442 g/mol. The fourth-order valence-corrected chi connectivity index (χ4v) is 4.99. The van der Waals surface area contributed by atoms with Gasteiger partial charge in [-0.3, -0.25) is 4.79 Å². The number of nitrogens with one attached hydrogen (secondary N) is 2. The third-order valence-electron chi connectivity index (χ3n) is 6.78. The van der Waals surface area contributed by atoms with Crippen LogP contribution in [0.1, 0.15) is 51.9 Å². The fourth-order valence-electron chi connectivity index (χ4n) is 4.99. The third-order valence-corrected chi connectivity index (χ3v) is 6.78. The highest BCUT2D eigenvalue weighted by atomic mass is 16.2. The summed E-state index contributed by atoms with van der Waals surface area (Å²) in [6.45, 7) is 9.28. The first kappa shape index (κ1) is 23.1. The molecular formula is C29H35N3O. The van der Waals surface area contributed by atoms with E-state index in [0.29, 0.717) is 6.42 Å². The van der Waals surface area contributed by atoms with Crippen molar-refractivity contribution in [2.45, 2.75) is 52.6 Å². The molecule has 0 fully saturated rings. The molecule has 0 aliphatic carbocycles. The van der Waals surface area contributed by atoms with E-state index in [0.717, 1.165) is 24.2 Å². The van der Waals surface area contributed by atoms with Gasteiger partial charge in [0.2, 0.25) is 5.91 Å². The van der Waals surface area contributed by atoms with Crippen molar-refractivity contribution in [2.24, 2.45) is 11.7 Å². The maximum Gasteiger partial charge on any atom is 0.237 e. The Hall–Kier alpha value is -3.11. The molecule has 0 saturated heterocycles. The summed E-state index contributed by atoms with van der Waals surface area (Å²) in [6, 6.07) is 20.7. The van der Waals surface area contributed by atoms with Gasteiger partial charge in [0.15, 0.2) is 0 Å². The van der Waals surface area contributed by atoms with E-state index in [-0.39, 0.29) is 17.9 Å². The number of aryl methyl sites for hydroxylation is 3. The lowest BCUT2D eigenvalue weighted by atomic mass is 9.87. The average Bonchev–Trinajstić information content (AvgIpc) is 2.78. The van der Waals surface area contributed by atoms with Crippen LogP contribution >= 0.6 is 0 Å². The van der Waals surface area contributed by atoms with Crippen LogP contribution in [0.25, 0.3) is 0 Å². The Bertz CT molecular complexity index is 1120. The van der Waals surface area contributed by atoms with Gasteiger partial charge < -0.3 is 16.4 Å². The molecular weight excluding hydrogens is 406 g/mol. The molecule has 0 spiro atoms. The van der Waals surface area contributed by atoms with Gasteiger partial charge in [0.25, 0.3) is 0 Å². The second kappa shape index (κ2) is 9.80. The SMILES string of the molecule is Cc1cc(C)c(C[C@H](N)C(=O)N[C@H]2c3cc(Cc4ccccc4)ccc3NC[C@@H]2C)c(C)c1. The molecule has 4 nitrogen and oxygen atoms in total. The van der Waals surface area contributed by atoms with Crippen molar-refractivity contribution in [3.05, 3.63) is 99.6 Å². The van der Waals surface area contributed by atoms with E-state index in [4.69, 9.17) is 5.73 Å². The molecule has 33 heavy (non-hydrogen) atoms. The Balaban J connectivity index is 1.52. The van der Waals surface area contributed by atoms with Crippen LogP contribution < -0.4 is 16.4 Å². The Kier molecular flexibility index (Phi) is 6.85. The van der Waals surface area contributed by atoms with Crippen LogP contribution in [-0.4, -0.2) is 18.5 Å². The molecule has 1 heterocycles. The lowest BCUT2D eigenvalue weighted by Gasteiger charge is -2.34. The van der Waals surface area contributed by atoms with Gasteiger partial charge in [0.05, 0.1) is 12.1 Å². The lowest BCUT2D eigenvalue weighted by molar-refractivity contribution is -0.123. The lowest BCUT2D eigenvalue weighted by Crippen LogP contribution is -2.47. The number of nitrogens with two attached hydrogens (primary N) is 1. The zero-order valence-electron chi connectivity index (χ0n) is 20.1. The summed E-state index contributed by atoms with van der Waals surface area (Å²) < 4.78 is 0. The summed E-state index contributed by atoms with van der Waals surface area (Å²) in [6.07, 6.45) is 1.42. The number of fused-ring (bicyclic) bond motifs is 1. The Labute approximate surface area is 197 Å². The minimum atomic E-state index is -0.580. The topological polar surface area (TPSA) is 67.2 Å². The number of amides is 1. The minimum absolute atomic E-state index is 0.0595. The van der Waals surface area contributed by atoms with E-state index in [1.54, 1.807) is 0 Å². The van der Waals surface area contributed by atoms with Crippen molar-refractivity contribution in [3.63, 3.8) is 0 Å². The summed E-state index contributed by atoms with van der Waals surface area (Å²) in [5.41, 5.74) is 16.0. The summed E-state index contributed by atoms with van der Waals surface area (Å²) in [5.74, 6) is 0.177. The number of rotatable bonds is 6. The molecule has 1 amide bonds. The number of carbonyl (C=O) groups is 1. The van der Waals surface area contributed by atoms with Gasteiger partial charge in [-0.05, 0) is 79.0 Å². The molecule has 0 radical (unpaired) electrons. The molecule has 0 aromatic heterocycles. The highest BCUT2D eigenvalue weighted by Crippen LogP contribution is 2.34. The number of hydrogen-bond acceptors (Lipinski definition) is 3. The van der Waals surface area contributed by atoms with Crippen LogP contribution in [0.4, 0.5) is 5.69 Å². The van der Waals surface area contributed by atoms with Gasteiger partial charge in [-0.25, -0.2) is 0 Å². The molecule has 1 aliphatic rings. The van der Waals surface area contributed by atoms with E-state index in [1.165, 1.54) is 33.4 Å². The van der Waals surface area contributed by atoms with Crippen molar-refractivity contribution in [2.75, 3.05) is 11.9 Å². The quantitative estimate of drug-likeness (QED) is 0.505. The largest absolute Gasteiger partial charge is 0.384 e. The number of carbonyl (C=O) groups excluding carboxylic acids is 1. The summed E-state index contributed by atoms with van der Waals surface area (Å²) in [7, 11) is 0. The molecule has 4 N–H and O–H groups in total. The Morgan fingerprint density at radius 1 is 1.03 bits per heavy atom. The monoisotopic (exact) mass is 441 g/mol. The molecule has 4 rings (SSSR count). The molecule has 4 heteroatoms. The molecule has 0 unspecified atom stereocenters. The molecule has 3 aromatic rings. The smallest absolute Gasteiger partial charge is 0.237 e. The van der Waals surface area contributed by atoms with E-state index in [2.05, 4.69) is 92.9 Å². The first-order valence-electron chi connectivity index (χ1n) is 11.8. The first-order valence-corrected chi connectivity index (χ1v) is 11.8. The van der Waals surface area contributed by atoms with Gasteiger partial charge in [0.1, 0.15) is 0 Å². The van der Waals surface area contributed by atoms with Crippen LogP contribution in [-0.2, 0) is 17.6 Å². The molecule has 3 atom stereocenters. The van der Waals surface area contributed by atoms with Gasteiger partial charge in [-0.2, -0.15) is 0 Å². The van der Waals surface area contributed by atoms with Crippen LogP contribution in [0.2, 0.25) is 0 Å². The highest BCUT2D eigenvalue weighted by Gasteiger charge is 2.30. The van der Waals surface area contributed by atoms with E-state index in [9.17, 15) is 4.79 Å². The highest BCUT2D eigenvalue weighted by molar-refractivity contribution is 5.83. The molecule has 0 saturated carbocycles. The van der Waals surface area contributed by atoms with Crippen LogP contribution in [0.3, 0.4) is 0 Å². The molecule has 172 valence electrons.